The molecule has 5 rings (SSSR count). The predicted octanol–water partition coefficient (Wildman–Crippen LogP) is 3.76. The van der Waals surface area contributed by atoms with E-state index in [1.54, 1.807) is 19.3 Å². The lowest BCUT2D eigenvalue weighted by atomic mass is 9.92. The first kappa shape index (κ1) is 21.0. The summed E-state index contributed by atoms with van der Waals surface area (Å²) in [6.45, 7) is 1.57. The van der Waals surface area contributed by atoms with E-state index in [0.717, 1.165) is 11.0 Å². The van der Waals surface area contributed by atoms with Gasteiger partial charge in [-0.2, -0.15) is 0 Å². The van der Waals surface area contributed by atoms with Crippen LogP contribution in [-0.2, 0) is 5.67 Å². The molecule has 0 saturated carbocycles. The maximum atomic E-state index is 15.5. The molecule has 1 saturated heterocycles. The number of amides is 1. The van der Waals surface area contributed by atoms with Gasteiger partial charge in [-0.1, -0.05) is 0 Å². The minimum atomic E-state index is -2.09. The number of rotatable bonds is 2. The largest absolute Gasteiger partial charge is 0.465 e. The number of hydrogen-bond acceptors (Lipinski definition) is 4. The fraction of sp³-hybridized carbons (Fsp3) is 0.273. The van der Waals surface area contributed by atoms with E-state index in [-0.39, 0.29) is 53.9 Å². The average Bonchev–Trinajstić information content (AvgIpc) is 3.15. The molecular formula is C22H18F3N5O3. The Hall–Kier alpha value is -3.89. The number of alkyl halides is 1. The molecule has 0 radical (unpaired) electrons. The molecule has 0 unspecified atom stereocenters. The molecule has 0 bridgehead atoms. The lowest BCUT2D eigenvalue weighted by Gasteiger charge is -2.34. The van der Waals surface area contributed by atoms with E-state index in [1.807, 2.05) is 0 Å². The second kappa shape index (κ2) is 7.32. The number of hydrogen-bond donors (Lipinski definition) is 2. The Kier molecular flexibility index (Phi) is 4.66. The Morgan fingerprint density at radius 1 is 1.09 bits per heavy atom. The molecule has 2 N–H and O–H groups in total. The van der Waals surface area contributed by atoms with Crippen molar-refractivity contribution in [3.05, 3.63) is 64.1 Å². The average molecular weight is 457 g/mol. The fourth-order valence-corrected chi connectivity index (χ4v) is 4.21. The minimum absolute atomic E-state index is 0.0727. The molecule has 4 heterocycles. The molecule has 170 valence electrons. The number of H-pyrrole nitrogens is 1. The van der Waals surface area contributed by atoms with Crippen LogP contribution in [0.1, 0.15) is 24.4 Å². The van der Waals surface area contributed by atoms with Crippen molar-refractivity contribution in [3.8, 4) is 11.1 Å². The number of nitrogens with zero attached hydrogens (tertiary/aromatic N) is 4. The van der Waals surface area contributed by atoms with Crippen LogP contribution >= 0.6 is 0 Å². The summed E-state index contributed by atoms with van der Waals surface area (Å²) in [4.78, 5) is 35.4. The normalized spacial score (nSPS) is 15.9. The SMILES string of the molecule is Cc1cn2cc(-c3cc(F)c4nc(C5(F)CCN(C(=O)O)CC5)[nH]c(=O)c4c3)cc(F)c2n1. The molecule has 33 heavy (non-hydrogen) atoms. The summed E-state index contributed by atoms with van der Waals surface area (Å²) < 4.78 is 46.5. The van der Waals surface area contributed by atoms with Gasteiger partial charge in [0.05, 0.1) is 11.1 Å². The van der Waals surface area contributed by atoms with Gasteiger partial charge in [0.1, 0.15) is 17.2 Å². The lowest BCUT2D eigenvalue weighted by Crippen LogP contribution is -2.43. The Bertz CT molecular complexity index is 1490. The molecule has 1 aliphatic rings. The first-order valence-electron chi connectivity index (χ1n) is 10.2. The molecule has 8 nitrogen and oxygen atoms in total. The quantitative estimate of drug-likeness (QED) is 0.477. The zero-order valence-electron chi connectivity index (χ0n) is 17.4. The molecule has 11 heteroatoms. The highest BCUT2D eigenvalue weighted by Gasteiger charge is 2.40. The maximum Gasteiger partial charge on any atom is 0.407 e. The number of aromatic amines is 1. The second-order valence-corrected chi connectivity index (χ2v) is 8.19. The van der Waals surface area contributed by atoms with Crippen molar-refractivity contribution in [3.63, 3.8) is 0 Å². The fourth-order valence-electron chi connectivity index (χ4n) is 4.21. The monoisotopic (exact) mass is 457 g/mol. The van der Waals surface area contributed by atoms with E-state index in [2.05, 4.69) is 15.0 Å². The topological polar surface area (TPSA) is 104 Å². The molecule has 0 spiro atoms. The van der Waals surface area contributed by atoms with Gasteiger partial charge in [-0.15, -0.1) is 0 Å². The number of aromatic nitrogens is 4. The van der Waals surface area contributed by atoms with Crippen LogP contribution in [0.3, 0.4) is 0 Å². The summed E-state index contributed by atoms with van der Waals surface area (Å²) in [6.07, 6.45) is 1.61. The van der Waals surface area contributed by atoms with Crippen molar-refractivity contribution in [1.82, 2.24) is 24.3 Å². The summed E-state index contributed by atoms with van der Waals surface area (Å²) >= 11 is 0. The van der Waals surface area contributed by atoms with Crippen LogP contribution in [0.2, 0.25) is 0 Å². The van der Waals surface area contributed by atoms with Crippen molar-refractivity contribution in [2.24, 2.45) is 0 Å². The summed E-state index contributed by atoms with van der Waals surface area (Å²) in [7, 11) is 0. The summed E-state index contributed by atoms with van der Waals surface area (Å²) in [5, 5.41) is 8.94. The zero-order valence-corrected chi connectivity index (χ0v) is 17.4. The Labute approximate surface area is 184 Å². The maximum absolute atomic E-state index is 15.5. The number of carbonyl (C=O) groups is 1. The molecule has 0 atom stereocenters. The molecular weight excluding hydrogens is 439 g/mol. The number of fused-ring (bicyclic) bond motifs is 2. The smallest absolute Gasteiger partial charge is 0.407 e. The number of nitrogens with one attached hydrogen (secondary N) is 1. The van der Waals surface area contributed by atoms with Crippen molar-refractivity contribution < 1.29 is 23.1 Å². The highest BCUT2D eigenvalue weighted by Crippen LogP contribution is 2.35. The van der Waals surface area contributed by atoms with Crippen molar-refractivity contribution in [2.75, 3.05) is 13.1 Å². The van der Waals surface area contributed by atoms with E-state index in [9.17, 15) is 14.0 Å². The van der Waals surface area contributed by atoms with Crippen LogP contribution in [0.15, 0.2) is 35.4 Å². The van der Waals surface area contributed by atoms with Crippen LogP contribution in [0, 0.1) is 18.6 Å². The summed E-state index contributed by atoms with van der Waals surface area (Å²) in [6, 6.07) is 3.68. The van der Waals surface area contributed by atoms with E-state index in [4.69, 9.17) is 5.11 Å². The van der Waals surface area contributed by atoms with Crippen molar-refractivity contribution >= 4 is 22.6 Å². The standard InChI is InChI=1S/C22H18F3N5O3/c1-11-9-30-10-13(8-16(24)18(30)26-11)12-6-14-17(15(23)7-12)27-20(28-19(14)31)22(25)2-4-29(5-3-22)21(32)33/h6-10H,2-5H2,1H3,(H,32,33)(H,27,28,31). The lowest BCUT2D eigenvalue weighted by molar-refractivity contribution is 0.0487. The van der Waals surface area contributed by atoms with Gasteiger partial charge >= 0.3 is 6.09 Å². The molecule has 1 amide bonds. The van der Waals surface area contributed by atoms with Crippen LogP contribution in [0.5, 0.6) is 0 Å². The first-order chi connectivity index (χ1) is 15.6. The van der Waals surface area contributed by atoms with Gasteiger partial charge in [0, 0.05) is 43.9 Å². The molecule has 4 aromatic rings. The molecule has 0 aliphatic carbocycles. The van der Waals surface area contributed by atoms with Gasteiger partial charge in [-0.05, 0) is 30.7 Å². The van der Waals surface area contributed by atoms with Gasteiger partial charge < -0.3 is 19.4 Å². The van der Waals surface area contributed by atoms with Gasteiger partial charge in [0.2, 0.25) is 0 Å². The second-order valence-electron chi connectivity index (χ2n) is 8.19. The number of likely N-dealkylation sites (tertiary alicyclic amines) is 1. The Balaban J connectivity index is 1.58. The van der Waals surface area contributed by atoms with Gasteiger partial charge in [0.25, 0.3) is 5.56 Å². The Morgan fingerprint density at radius 3 is 2.48 bits per heavy atom. The molecule has 1 aliphatic heterocycles. The molecule has 1 fully saturated rings. The zero-order chi connectivity index (χ0) is 23.5. The third-order valence-electron chi connectivity index (χ3n) is 5.97. The predicted molar refractivity (Wildman–Crippen MR) is 113 cm³/mol. The third-order valence-corrected chi connectivity index (χ3v) is 5.97. The van der Waals surface area contributed by atoms with E-state index in [0.29, 0.717) is 11.3 Å². The van der Waals surface area contributed by atoms with E-state index in [1.165, 1.54) is 16.5 Å². The number of aryl methyl sites for hydroxylation is 1. The van der Waals surface area contributed by atoms with Gasteiger partial charge in [-0.25, -0.2) is 27.9 Å². The first-order valence-corrected chi connectivity index (χ1v) is 10.2. The Morgan fingerprint density at radius 2 is 1.79 bits per heavy atom. The van der Waals surface area contributed by atoms with E-state index >= 15 is 8.78 Å². The number of piperidine rings is 1. The number of benzene rings is 1. The van der Waals surface area contributed by atoms with E-state index < -0.39 is 29.0 Å². The van der Waals surface area contributed by atoms with Gasteiger partial charge in [0.15, 0.2) is 17.1 Å². The molecule has 3 aromatic heterocycles. The highest BCUT2D eigenvalue weighted by molar-refractivity contribution is 5.84. The van der Waals surface area contributed by atoms with Crippen LogP contribution < -0.4 is 5.56 Å². The number of carboxylic acid groups (broad SMARTS) is 1. The number of pyridine rings is 1. The number of halogens is 3. The summed E-state index contributed by atoms with van der Waals surface area (Å²) in [5.74, 6) is -1.79. The van der Waals surface area contributed by atoms with Gasteiger partial charge in [-0.3, -0.25) is 4.79 Å². The molecule has 1 aromatic carbocycles. The van der Waals surface area contributed by atoms with Crippen molar-refractivity contribution in [2.45, 2.75) is 25.4 Å². The minimum Gasteiger partial charge on any atom is -0.465 e. The highest BCUT2D eigenvalue weighted by atomic mass is 19.1. The van der Waals surface area contributed by atoms with Crippen LogP contribution in [0.4, 0.5) is 18.0 Å². The third kappa shape index (κ3) is 3.49. The number of imidazole rings is 1. The summed E-state index contributed by atoms with van der Waals surface area (Å²) in [5.41, 5.74) is -1.83. The van der Waals surface area contributed by atoms with Crippen LogP contribution in [-0.4, -0.2) is 48.5 Å². The van der Waals surface area contributed by atoms with Crippen LogP contribution in [0.25, 0.3) is 27.7 Å². The van der Waals surface area contributed by atoms with Crippen molar-refractivity contribution in [1.29, 1.82) is 0 Å².